The summed E-state index contributed by atoms with van der Waals surface area (Å²) in [6.45, 7) is 0. The maximum atomic E-state index is 8.82. The van der Waals surface area contributed by atoms with E-state index in [1.54, 1.807) is 12.1 Å². The van der Waals surface area contributed by atoms with Crippen LogP contribution in [0.3, 0.4) is 0 Å². The van der Waals surface area contributed by atoms with Crippen LogP contribution in [0.5, 0.6) is 0 Å². The van der Waals surface area contributed by atoms with Gasteiger partial charge < -0.3 is 10.9 Å². The standard InChI is InChI=1S/C13H10Cl2N2OS/c14-8-3-1-4-9(7-8)19-11-6-2-5-10(15)12(11)13(16)17-18/h1-7,18H,(H2,16,17). The highest BCUT2D eigenvalue weighted by molar-refractivity contribution is 7.99. The summed E-state index contributed by atoms with van der Waals surface area (Å²) in [5, 5.41) is 12.9. The van der Waals surface area contributed by atoms with Gasteiger partial charge in [-0.15, -0.1) is 0 Å². The molecule has 2 aromatic carbocycles. The van der Waals surface area contributed by atoms with Gasteiger partial charge >= 0.3 is 0 Å². The molecule has 0 radical (unpaired) electrons. The summed E-state index contributed by atoms with van der Waals surface area (Å²) in [6.07, 6.45) is 0. The Morgan fingerprint density at radius 3 is 2.58 bits per heavy atom. The molecule has 0 fully saturated rings. The molecule has 0 saturated heterocycles. The van der Waals surface area contributed by atoms with E-state index < -0.39 is 0 Å². The summed E-state index contributed by atoms with van der Waals surface area (Å²) in [7, 11) is 0. The minimum absolute atomic E-state index is 0.0184. The molecule has 2 rings (SSSR count). The number of hydrogen-bond donors (Lipinski definition) is 2. The van der Waals surface area contributed by atoms with Crippen LogP contribution in [-0.2, 0) is 0 Å². The summed E-state index contributed by atoms with van der Waals surface area (Å²) in [6, 6.07) is 12.8. The number of hydrogen-bond acceptors (Lipinski definition) is 3. The Kier molecular flexibility index (Phi) is 4.58. The Bertz CT molecular complexity index is 632. The van der Waals surface area contributed by atoms with Crippen molar-refractivity contribution >= 4 is 40.8 Å². The van der Waals surface area contributed by atoms with Crippen LogP contribution in [0.15, 0.2) is 57.4 Å². The first-order chi connectivity index (χ1) is 9.11. The Morgan fingerprint density at radius 2 is 1.89 bits per heavy atom. The molecule has 0 aliphatic heterocycles. The third-order valence-electron chi connectivity index (χ3n) is 2.36. The van der Waals surface area contributed by atoms with Gasteiger partial charge in [-0.25, -0.2) is 0 Å². The normalized spacial score (nSPS) is 11.6. The third-order valence-corrected chi connectivity index (χ3v) is 3.96. The maximum Gasteiger partial charge on any atom is 0.172 e. The molecule has 0 aliphatic rings. The van der Waals surface area contributed by atoms with Crippen LogP contribution < -0.4 is 5.73 Å². The van der Waals surface area contributed by atoms with Crippen molar-refractivity contribution in [1.82, 2.24) is 0 Å². The molecule has 19 heavy (non-hydrogen) atoms. The van der Waals surface area contributed by atoms with Crippen molar-refractivity contribution in [2.24, 2.45) is 10.9 Å². The molecular weight excluding hydrogens is 303 g/mol. The van der Waals surface area contributed by atoms with E-state index in [1.165, 1.54) is 11.8 Å². The summed E-state index contributed by atoms with van der Waals surface area (Å²) in [5.41, 5.74) is 6.17. The topological polar surface area (TPSA) is 58.6 Å². The average molecular weight is 313 g/mol. The number of benzene rings is 2. The quantitative estimate of drug-likeness (QED) is 0.386. The van der Waals surface area contributed by atoms with E-state index in [1.807, 2.05) is 30.3 Å². The fourth-order valence-corrected chi connectivity index (χ4v) is 3.18. The largest absolute Gasteiger partial charge is 0.409 e. The molecule has 0 spiro atoms. The second kappa shape index (κ2) is 6.19. The second-order valence-electron chi connectivity index (χ2n) is 3.66. The van der Waals surface area contributed by atoms with Gasteiger partial charge in [0.2, 0.25) is 0 Å². The first-order valence-corrected chi connectivity index (χ1v) is 6.89. The smallest absolute Gasteiger partial charge is 0.172 e. The molecule has 2 aromatic rings. The van der Waals surface area contributed by atoms with Crippen molar-refractivity contribution in [3.8, 4) is 0 Å². The van der Waals surface area contributed by atoms with E-state index in [0.29, 0.717) is 15.6 Å². The molecule has 0 unspecified atom stereocenters. The number of nitrogens with zero attached hydrogens (tertiary/aromatic N) is 1. The lowest BCUT2D eigenvalue weighted by Crippen LogP contribution is -2.14. The highest BCUT2D eigenvalue weighted by Crippen LogP contribution is 2.34. The van der Waals surface area contributed by atoms with Gasteiger partial charge in [-0.1, -0.05) is 52.3 Å². The number of rotatable bonds is 3. The average Bonchev–Trinajstić information content (AvgIpc) is 2.38. The van der Waals surface area contributed by atoms with Gasteiger partial charge in [-0.3, -0.25) is 0 Å². The monoisotopic (exact) mass is 312 g/mol. The molecule has 6 heteroatoms. The fourth-order valence-electron chi connectivity index (χ4n) is 1.55. The Labute approximate surface area is 125 Å². The van der Waals surface area contributed by atoms with Gasteiger partial charge in [0.15, 0.2) is 5.84 Å². The number of oxime groups is 1. The summed E-state index contributed by atoms with van der Waals surface area (Å²) in [4.78, 5) is 1.74. The molecule has 0 bridgehead atoms. The van der Waals surface area contributed by atoms with Crippen LogP contribution in [0.4, 0.5) is 0 Å². The van der Waals surface area contributed by atoms with E-state index in [-0.39, 0.29) is 5.84 Å². The molecule has 3 N–H and O–H groups in total. The van der Waals surface area contributed by atoms with Gasteiger partial charge in [0.05, 0.1) is 10.6 Å². The van der Waals surface area contributed by atoms with Gasteiger partial charge in [-0.05, 0) is 30.3 Å². The first-order valence-electron chi connectivity index (χ1n) is 5.31. The molecule has 3 nitrogen and oxygen atoms in total. The van der Waals surface area contributed by atoms with Gasteiger partial charge in [-0.2, -0.15) is 0 Å². The van der Waals surface area contributed by atoms with Gasteiger partial charge in [0, 0.05) is 14.8 Å². The van der Waals surface area contributed by atoms with Crippen LogP contribution in [0.2, 0.25) is 10.0 Å². The first kappa shape index (κ1) is 14.1. The van der Waals surface area contributed by atoms with Crippen molar-refractivity contribution in [2.75, 3.05) is 0 Å². The van der Waals surface area contributed by atoms with E-state index in [4.69, 9.17) is 34.1 Å². The van der Waals surface area contributed by atoms with E-state index in [9.17, 15) is 0 Å². The zero-order valence-corrected chi connectivity index (χ0v) is 12.0. The van der Waals surface area contributed by atoms with Crippen molar-refractivity contribution in [3.05, 3.63) is 58.1 Å². The fraction of sp³-hybridized carbons (Fsp3) is 0. The summed E-state index contributed by atoms with van der Waals surface area (Å²) < 4.78 is 0. The van der Waals surface area contributed by atoms with Crippen molar-refractivity contribution in [2.45, 2.75) is 9.79 Å². The lowest BCUT2D eigenvalue weighted by Gasteiger charge is -2.09. The highest BCUT2D eigenvalue weighted by Gasteiger charge is 2.12. The maximum absolute atomic E-state index is 8.82. The Balaban J connectivity index is 2.43. The van der Waals surface area contributed by atoms with Crippen LogP contribution in [-0.4, -0.2) is 11.0 Å². The second-order valence-corrected chi connectivity index (χ2v) is 5.62. The van der Waals surface area contributed by atoms with E-state index in [2.05, 4.69) is 5.16 Å². The van der Waals surface area contributed by atoms with E-state index in [0.717, 1.165) is 9.79 Å². The van der Waals surface area contributed by atoms with Crippen LogP contribution in [0, 0.1) is 0 Å². The minimum Gasteiger partial charge on any atom is -0.409 e. The molecule has 0 saturated carbocycles. The number of halogens is 2. The molecule has 0 atom stereocenters. The van der Waals surface area contributed by atoms with Gasteiger partial charge in [0.25, 0.3) is 0 Å². The van der Waals surface area contributed by atoms with Gasteiger partial charge in [0.1, 0.15) is 0 Å². The number of amidine groups is 1. The van der Waals surface area contributed by atoms with Crippen LogP contribution >= 0.6 is 35.0 Å². The lowest BCUT2D eigenvalue weighted by atomic mass is 10.2. The lowest BCUT2D eigenvalue weighted by molar-refractivity contribution is 0.318. The Hall–Kier alpha value is -1.36. The minimum atomic E-state index is -0.0184. The zero-order valence-electron chi connectivity index (χ0n) is 9.68. The summed E-state index contributed by atoms with van der Waals surface area (Å²) >= 11 is 13.5. The van der Waals surface area contributed by atoms with Crippen molar-refractivity contribution in [1.29, 1.82) is 0 Å². The Morgan fingerprint density at radius 1 is 1.16 bits per heavy atom. The number of nitrogens with two attached hydrogens (primary N) is 1. The molecule has 0 heterocycles. The predicted molar refractivity (Wildman–Crippen MR) is 79.5 cm³/mol. The van der Waals surface area contributed by atoms with Crippen molar-refractivity contribution < 1.29 is 5.21 Å². The van der Waals surface area contributed by atoms with E-state index >= 15 is 0 Å². The molecule has 0 aliphatic carbocycles. The summed E-state index contributed by atoms with van der Waals surface area (Å²) in [5.74, 6) is -0.0184. The molecule has 0 aromatic heterocycles. The molecular formula is C13H10Cl2N2OS. The zero-order chi connectivity index (χ0) is 13.8. The van der Waals surface area contributed by atoms with Crippen LogP contribution in [0.25, 0.3) is 0 Å². The van der Waals surface area contributed by atoms with Crippen LogP contribution in [0.1, 0.15) is 5.56 Å². The molecule has 98 valence electrons. The molecule has 0 amide bonds. The third kappa shape index (κ3) is 3.35. The predicted octanol–water partition coefficient (Wildman–Crippen LogP) is 4.24. The highest BCUT2D eigenvalue weighted by atomic mass is 35.5. The van der Waals surface area contributed by atoms with Crippen molar-refractivity contribution in [3.63, 3.8) is 0 Å². The SMILES string of the molecule is NC(=NO)c1c(Cl)cccc1Sc1cccc(Cl)c1.